The Hall–Kier alpha value is 3.32. The topological polar surface area (TPSA) is 87.7 Å². The minimum absolute atomic E-state index is 0. The van der Waals surface area contributed by atoms with Gasteiger partial charge < -0.3 is 20.3 Å². The molecular weight excluding hydrogens is 920 g/mol. The molecule has 0 radical (unpaired) electrons. The zero-order valence-electron chi connectivity index (χ0n) is 22.1. The van der Waals surface area contributed by atoms with Crippen molar-refractivity contribution in [3.63, 3.8) is 0 Å². The van der Waals surface area contributed by atoms with Crippen LogP contribution in [0.1, 0.15) is 16.1 Å². The Balaban J connectivity index is -0.000000427. The van der Waals surface area contributed by atoms with Gasteiger partial charge in [0.2, 0.25) is 5.43 Å². The van der Waals surface area contributed by atoms with Gasteiger partial charge in [0.25, 0.3) is 0 Å². The van der Waals surface area contributed by atoms with Crippen LogP contribution >= 0.6 is 90.4 Å². The molecule has 0 aromatic heterocycles. The van der Waals surface area contributed by atoms with E-state index in [1.54, 1.807) is 36.4 Å². The van der Waals surface area contributed by atoms with E-state index in [-0.39, 0.29) is 141 Å². The van der Waals surface area contributed by atoms with E-state index in [9.17, 15) is 19.8 Å². The summed E-state index contributed by atoms with van der Waals surface area (Å²) in [7, 11) is 0. The number of fused-ring (bicyclic) bond motifs is 2. The number of phenolic OH excluding ortho intramolecular Hbond substituents is 1. The molecule has 2 aliphatic rings. The molecule has 2 aromatic rings. The van der Waals surface area contributed by atoms with Gasteiger partial charge in [0.15, 0.2) is 11.3 Å². The van der Waals surface area contributed by atoms with Crippen molar-refractivity contribution in [2.45, 2.75) is 0 Å². The summed E-state index contributed by atoms with van der Waals surface area (Å²) in [5.41, 5.74) is 2.24. The summed E-state index contributed by atoms with van der Waals surface area (Å²) in [5, 5.41) is 20.8. The maximum Gasteiger partial charge on any atom is 1.00 e. The number of carboxylic acid groups (broad SMARTS) is 1. The maximum absolute atomic E-state index is 12.5. The molecule has 0 atom stereocenters. The molecule has 0 bridgehead atoms. The second-order valence-corrected chi connectivity index (χ2v) is 10.6. The molecule has 33 heavy (non-hydrogen) atoms. The van der Waals surface area contributed by atoms with Crippen molar-refractivity contribution in [3.8, 4) is 28.2 Å². The third-order valence-corrected chi connectivity index (χ3v) is 8.05. The number of carboxylic acids is 1. The van der Waals surface area contributed by atoms with Gasteiger partial charge in [-0.2, -0.15) is 0 Å². The molecule has 2 aromatic carbocycles. The van der Waals surface area contributed by atoms with E-state index < -0.39 is 5.97 Å². The smallest absolute Gasteiger partial charge is 1.00 e. The van der Waals surface area contributed by atoms with E-state index in [2.05, 4.69) is 0 Å². The molecule has 13 heteroatoms. The van der Waals surface area contributed by atoms with E-state index in [1.165, 1.54) is 0 Å². The van der Waals surface area contributed by atoms with Crippen molar-refractivity contribution in [2.75, 3.05) is 0 Å². The van der Waals surface area contributed by atoms with Gasteiger partial charge in [-0.3, -0.25) is 4.79 Å². The van der Waals surface area contributed by atoms with Gasteiger partial charge >= 0.3 is 124 Å². The molecule has 0 amide bonds. The van der Waals surface area contributed by atoms with Crippen molar-refractivity contribution >= 4 is 107 Å². The standard InChI is InChI=1S/C20H8I4O5.4Na.4H/c21-11-5-9-13(7-3-1-2-4-8(7)20(27)28)10-6-12(22)17(26)15(24)19(10)29-18(9)14(23)16(11)25;;;;;;;;/h1-6,25H,(H,27,28);;;;;;;;/q;4*+1;4*-1. The zero-order chi connectivity index (χ0) is 21.0. The first-order chi connectivity index (χ1) is 13.7. The van der Waals surface area contributed by atoms with Crippen LogP contribution in [0.5, 0.6) is 5.75 Å². The summed E-state index contributed by atoms with van der Waals surface area (Å²) < 4.78 is 8.16. The Bertz CT molecular complexity index is 1400. The molecule has 2 N–H and O–H groups in total. The molecule has 1 aliphatic carbocycles. The van der Waals surface area contributed by atoms with Crippen LogP contribution in [-0.4, -0.2) is 16.2 Å². The second-order valence-electron chi connectivity index (χ2n) is 6.10. The molecular formula is C20H12I4Na4O5. The Morgan fingerprint density at radius 1 is 0.879 bits per heavy atom. The number of halogens is 4. The number of hydrogen-bond acceptors (Lipinski definition) is 4. The number of benzene rings is 3. The molecule has 154 valence electrons. The number of carbonyl (C=O) groups is 1. The maximum atomic E-state index is 12.5. The largest absolute Gasteiger partial charge is 1.00 e. The normalized spacial score (nSPS) is 9.94. The molecule has 1 heterocycles. The quantitative estimate of drug-likeness (QED) is 0.120. The molecule has 0 spiro atoms. The van der Waals surface area contributed by atoms with Gasteiger partial charge in [-0.25, -0.2) is 4.79 Å². The zero-order valence-corrected chi connectivity index (χ0v) is 34.7. The molecule has 5 nitrogen and oxygen atoms in total. The van der Waals surface area contributed by atoms with Gasteiger partial charge in [-0.1, -0.05) is 18.2 Å². The summed E-state index contributed by atoms with van der Waals surface area (Å²) in [6.45, 7) is 0. The minimum atomic E-state index is -1.05. The van der Waals surface area contributed by atoms with E-state index in [4.69, 9.17) is 4.42 Å². The summed E-state index contributed by atoms with van der Waals surface area (Å²) in [5.74, 6) is -0.588. The van der Waals surface area contributed by atoms with Crippen LogP contribution in [0.2, 0.25) is 0 Å². The first kappa shape index (κ1) is 36.3. The van der Waals surface area contributed by atoms with Crippen molar-refractivity contribution in [3.05, 3.63) is 66.5 Å². The summed E-state index contributed by atoms with van der Waals surface area (Å²) in [6.07, 6.45) is 0. The number of hydrogen-bond donors (Lipinski definition) is 2. The Morgan fingerprint density at radius 3 is 2.09 bits per heavy atom. The summed E-state index contributed by atoms with van der Waals surface area (Å²) in [6, 6.07) is 10.2. The molecule has 1 aliphatic heterocycles. The number of aromatic hydroxyl groups is 1. The van der Waals surface area contributed by atoms with Crippen LogP contribution < -0.4 is 124 Å². The number of phenols is 1. The first-order valence-electron chi connectivity index (χ1n) is 8.00. The van der Waals surface area contributed by atoms with Crippen LogP contribution in [0.3, 0.4) is 0 Å². The van der Waals surface area contributed by atoms with Gasteiger partial charge in [0, 0.05) is 16.5 Å². The van der Waals surface area contributed by atoms with Crippen molar-refractivity contribution in [1.29, 1.82) is 0 Å². The fourth-order valence-corrected chi connectivity index (χ4v) is 6.75. The van der Waals surface area contributed by atoms with Crippen LogP contribution in [0, 0.1) is 14.3 Å². The average Bonchev–Trinajstić information content (AvgIpc) is 2.69. The van der Waals surface area contributed by atoms with E-state index in [0.29, 0.717) is 47.7 Å². The minimum Gasteiger partial charge on any atom is -1.00 e. The van der Waals surface area contributed by atoms with Gasteiger partial charge in [0.05, 0.1) is 16.3 Å². The SMILES string of the molecule is O=C(O)c1ccccc1-c1c2cc(I)c(=O)c(I)c-2oc2c(I)c(O)c(I)cc12.[H-].[H-].[H-].[H-].[Na+].[Na+].[Na+].[Na+]. The molecule has 0 fully saturated rings. The summed E-state index contributed by atoms with van der Waals surface area (Å²) >= 11 is 7.96. The van der Waals surface area contributed by atoms with Crippen LogP contribution in [0.4, 0.5) is 0 Å². The van der Waals surface area contributed by atoms with Crippen LogP contribution in [0.15, 0.2) is 45.6 Å². The Kier molecular flexibility index (Phi) is 16.7. The third-order valence-electron chi connectivity index (χ3n) is 4.45. The van der Waals surface area contributed by atoms with E-state index in [1.807, 2.05) is 90.4 Å². The van der Waals surface area contributed by atoms with Crippen LogP contribution in [-0.2, 0) is 0 Å². The molecule has 0 unspecified atom stereocenters. The Morgan fingerprint density at radius 2 is 1.48 bits per heavy atom. The molecule has 0 saturated heterocycles. The number of rotatable bonds is 2. The van der Waals surface area contributed by atoms with Crippen molar-refractivity contribution < 1.29 is 143 Å². The van der Waals surface area contributed by atoms with Crippen LogP contribution in [0.25, 0.3) is 33.4 Å². The fourth-order valence-electron chi connectivity index (χ4n) is 3.17. The van der Waals surface area contributed by atoms with Gasteiger partial charge in [0.1, 0.15) is 9.32 Å². The fraction of sp³-hybridized carbons (Fsp3) is 0. The van der Waals surface area contributed by atoms with Crippen molar-refractivity contribution in [1.82, 2.24) is 0 Å². The predicted octanol–water partition coefficient (Wildman–Crippen LogP) is -5.15. The number of aromatic carboxylic acids is 1. The monoisotopic (exact) mass is 932 g/mol. The third kappa shape index (κ3) is 7.10. The summed E-state index contributed by atoms with van der Waals surface area (Å²) in [4.78, 5) is 24.4. The molecule has 4 rings (SSSR count). The molecule has 0 saturated carbocycles. The first-order valence-corrected chi connectivity index (χ1v) is 12.3. The van der Waals surface area contributed by atoms with Crippen molar-refractivity contribution in [2.24, 2.45) is 0 Å². The predicted molar refractivity (Wildman–Crippen MR) is 148 cm³/mol. The van der Waals surface area contributed by atoms with E-state index >= 15 is 0 Å². The van der Waals surface area contributed by atoms with E-state index in [0.717, 1.165) is 0 Å². The average molecular weight is 932 g/mol. The Labute approximate surface area is 338 Å². The van der Waals surface area contributed by atoms with Gasteiger partial charge in [-0.15, -0.1) is 0 Å². The van der Waals surface area contributed by atoms with Gasteiger partial charge in [-0.05, 0) is 114 Å². The second kappa shape index (κ2) is 15.2.